The van der Waals surface area contributed by atoms with E-state index in [0.29, 0.717) is 25.7 Å². The van der Waals surface area contributed by atoms with E-state index in [4.69, 9.17) is 38.4 Å². The van der Waals surface area contributed by atoms with Crippen molar-refractivity contribution in [3.05, 3.63) is 0 Å². The summed E-state index contributed by atoms with van der Waals surface area (Å²) < 4.78 is 0. The molecule has 0 aliphatic carbocycles. The van der Waals surface area contributed by atoms with Crippen molar-refractivity contribution in [3.8, 4) is 0 Å². The average Bonchev–Trinajstić information content (AvgIpc) is 2.24. The van der Waals surface area contributed by atoms with E-state index in [1.165, 1.54) is 0 Å². The zero-order valence-corrected chi connectivity index (χ0v) is 9.54. The standard InChI is InChI=1S/C6H14N4O2.C2H3ClO/c7-4(5(11)12)2-1-3-10-6(8)9;3-1-2-4/h4H,1-3,7H2,(H,11,12)(H4,8,9,10);2H,1H2. The molecule has 0 aromatic carbocycles. The molecule has 0 aromatic heterocycles. The smallest absolute Gasteiger partial charge is 0.320 e. The normalized spacial score (nSPS) is 10.6. The van der Waals surface area contributed by atoms with Crippen LogP contribution in [0.15, 0.2) is 0 Å². The van der Waals surface area contributed by atoms with Gasteiger partial charge in [-0.15, -0.1) is 11.6 Å². The third kappa shape index (κ3) is 15.1. The van der Waals surface area contributed by atoms with Crippen LogP contribution in [0.2, 0.25) is 0 Å². The molecular weight excluding hydrogens is 236 g/mol. The van der Waals surface area contributed by atoms with Crippen LogP contribution >= 0.6 is 11.6 Å². The molecule has 1 unspecified atom stereocenters. The summed E-state index contributed by atoms with van der Waals surface area (Å²) in [5, 5.41) is 17.7. The molecule has 16 heavy (non-hydrogen) atoms. The fraction of sp³-hybridized carbons (Fsp3) is 0.625. The highest BCUT2D eigenvalue weighted by molar-refractivity contribution is 6.24. The van der Waals surface area contributed by atoms with Gasteiger partial charge in [-0.2, -0.15) is 0 Å². The van der Waals surface area contributed by atoms with Crippen molar-refractivity contribution < 1.29 is 14.7 Å². The Bertz CT molecular complexity index is 225. The average molecular weight is 253 g/mol. The van der Waals surface area contributed by atoms with Crippen LogP contribution in [0.4, 0.5) is 0 Å². The number of alkyl halides is 1. The molecule has 0 aromatic rings. The van der Waals surface area contributed by atoms with Gasteiger partial charge < -0.3 is 26.7 Å². The topological polar surface area (TPSA) is 142 Å². The first-order valence-corrected chi connectivity index (χ1v) is 5.05. The van der Waals surface area contributed by atoms with E-state index in [1.807, 2.05) is 0 Å². The number of carboxylic acids is 1. The molecule has 0 spiro atoms. The van der Waals surface area contributed by atoms with Crippen molar-refractivity contribution >= 4 is 29.8 Å². The Morgan fingerprint density at radius 3 is 2.44 bits per heavy atom. The number of carboxylic acid groups (broad SMARTS) is 1. The largest absolute Gasteiger partial charge is 0.480 e. The van der Waals surface area contributed by atoms with Gasteiger partial charge in [-0.3, -0.25) is 10.2 Å². The minimum absolute atomic E-state index is 0.111. The molecule has 0 aliphatic heterocycles. The Kier molecular flexibility index (Phi) is 12.5. The van der Waals surface area contributed by atoms with Crippen molar-refractivity contribution in [1.29, 1.82) is 5.41 Å². The van der Waals surface area contributed by atoms with Crippen LogP contribution in [0.1, 0.15) is 12.8 Å². The molecule has 1 atom stereocenters. The minimum Gasteiger partial charge on any atom is -0.480 e. The lowest BCUT2D eigenvalue weighted by Crippen LogP contribution is -2.34. The van der Waals surface area contributed by atoms with Gasteiger partial charge in [-0.25, -0.2) is 0 Å². The van der Waals surface area contributed by atoms with Gasteiger partial charge in [-0.1, -0.05) is 0 Å². The quantitative estimate of drug-likeness (QED) is 0.136. The van der Waals surface area contributed by atoms with Gasteiger partial charge in [0.15, 0.2) is 5.96 Å². The summed E-state index contributed by atoms with van der Waals surface area (Å²) in [6.45, 7) is 0.482. The maximum atomic E-state index is 10.2. The highest BCUT2D eigenvalue weighted by Gasteiger charge is 2.09. The van der Waals surface area contributed by atoms with E-state index in [2.05, 4.69) is 5.32 Å². The lowest BCUT2D eigenvalue weighted by molar-refractivity contribution is -0.138. The fourth-order valence-electron chi connectivity index (χ4n) is 0.669. The lowest BCUT2D eigenvalue weighted by atomic mass is 10.2. The van der Waals surface area contributed by atoms with E-state index < -0.39 is 12.0 Å². The summed E-state index contributed by atoms with van der Waals surface area (Å²) in [4.78, 5) is 19.3. The molecule has 0 rings (SSSR count). The second-order valence-electron chi connectivity index (χ2n) is 2.75. The Balaban J connectivity index is 0. The highest BCUT2D eigenvalue weighted by atomic mass is 35.5. The molecule has 0 heterocycles. The minimum atomic E-state index is -1.00. The van der Waals surface area contributed by atoms with Gasteiger partial charge in [0.25, 0.3) is 0 Å². The molecule has 0 bridgehead atoms. The third-order valence-corrected chi connectivity index (χ3v) is 1.51. The molecule has 0 amide bonds. The number of rotatable bonds is 6. The summed E-state index contributed by atoms with van der Waals surface area (Å²) in [6.07, 6.45) is 1.62. The predicted molar refractivity (Wildman–Crippen MR) is 61.5 cm³/mol. The summed E-state index contributed by atoms with van der Waals surface area (Å²) >= 11 is 4.82. The number of hydrogen-bond donors (Lipinski definition) is 5. The Morgan fingerprint density at radius 2 is 2.12 bits per heavy atom. The van der Waals surface area contributed by atoms with Gasteiger partial charge in [0, 0.05) is 6.54 Å². The first-order valence-electron chi connectivity index (χ1n) is 4.51. The number of nitrogens with one attached hydrogen (secondary N) is 2. The second kappa shape index (κ2) is 11.7. The highest BCUT2D eigenvalue weighted by Crippen LogP contribution is 1.92. The van der Waals surface area contributed by atoms with Crippen LogP contribution in [0.3, 0.4) is 0 Å². The number of guanidine groups is 1. The Morgan fingerprint density at radius 1 is 1.62 bits per heavy atom. The molecule has 7 N–H and O–H groups in total. The number of nitrogens with two attached hydrogens (primary N) is 2. The van der Waals surface area contributed by atoms with Crippen molar-refractivity contribution in [2.24, 2.45) is 11.5 Å². The van der Waals surface area contributed by atoms with Crippen molar-refractivity contribution in [3.63, 3.8) is 0 Å². The molecular formula is C8H17ClN4O3. The maximum absolute atomic E-state index is 10.2. The molecule has 94 valence electrons. The third-order valence-electron chi connectivity index (χ3n) is 1.39. The van der Waals surface area contributed by atoms with Crippen LogP contribution in [0.5, 0.6) is 0 Å². The number of carbonyl (C=O) groups is 2. The zero-order valence-electron chi connectivity index (χ0n) is 8.78. The SMILES string of the molecule is N=C(N)NCCCC(N)C(=O)O.O=CCCl. The van der Waals surface area contributed by atoms with Crippen LogP contribution < -0.4 is 16.8 Å². The van der Waals surface area contributed by atoms with Crippen molar-refractivity contribution in [2.75, 3.05) is 12.4 Å². The van der Waals surface area contributed by atoms with Crippen molar-refractivity contribution in [1.82, 2.24) is 5.32 Å². The number of aliphatic carboxylic acids is 1. The lowest BCUT2D eigenvalue weighted by Gasteiger charge is -2.06. The van der Waals surface area contributed by atoms with E-state index in [0.717, 1.165) is 0 Å². The van der Waals surface area contributed by atoms with E-state index in [-0.39, 0.29) is 11.8 Å². The summed E-state index contributed by atoms with van der Waals surface area (Å²) in [5.41, 5.74) is 10.2. The molecule has 0 saturated heterocycles. The number of hydrogen-bond acceptors (Lipinski definition) is 4. The van der Waals surface area contributed by atoms with Crippen LogP contribution in [0, 0.1) is 5.41 Å². The molecule has 0 fully saturated rings. The molecule has 8 heteroatoms. The van der Waals surface area contributed by atoms with Crippen LogP contribution in [0.25, 0.3) is 0 Å². The molecule has 7 nitrogen and oxygen atoms in total. The van der Waals surface area contributed by atoms with Crippen LogP contribution in [-0.2, 0) is 9.59 Å². The maximum Gasteiger partial charge on any atom is 0.320 e. The fourth-order valence-corrected chi connectivity index (χ4v) is 0.669. The summed E-state index contributed by atoms with van der Waals surface area (Å²) in [5.74, 6) is -1.00. The molecule has 0 radical (unpaired) electrons. The van der Waals surface area contributed by atoms with E-state index in [1.54, 1.807) is 0 Å². The van der Waals surface area contributed by atoms with Crippen LogP contribution in [-0.4, -0.2) is 41.8 Å². The number of carbonyl (C=O) groups excluding carboxylic acids is 1. The Labute approximate surface area is 98.6 Å². The number of halogens is 1. The predicted octanol–water partition coefficient (Wildman–Crippen LogP) is -0.914. The first kappa shape index (κ1) is 17.1. The Hall–Kier alpha value is -1.34. The summed E-state index contributed by atoms with van der Waals surface area (Å²) in [7, 11) is 0. The zero-order chi connectivity index (χ0) is 13.0. The second-order valence-corrected chi connectivity index (χ2v) is 3.06. The number of aldehydes is 1. The van der Waals surface area contributed by atoms with Gasteiger partial charge in [0.2, 0.25) is 0 Å². The monoisotopic (exact) mass is 252 g/mol. The van der Waals surface area contributed by atoms with Gasteiger partial charge in [0.05, 0.1) is 5.88 Å². The first-order chi connectivity index (χ1) is 7.45. The van der Waals surface area contributed by atoms with E-state index >= 15 is 0 Å². The molecule has 0 saturated carbocycles. The molecule has 0 aliphatic rings. The van der Waals surface area contributed by atoms with Crippen molar-refractivity contribution in [2.45, 2.75) is 18.9 Å². The summed E-state index contributed by atoms with van der Waals surface area (Å²) in [6, 6.07) is -0.821. The van der Waals surface area contributed by atoms with E-state index in [9.17, 15) is 4.79 Å². The van der Waals surface area contributed by atoms with Gasteiger partial charge >= 0.3 is 5.97 Å². The van der Waals surface area contributed by atoms with Gasteiger partial charge in [-0.05, 0) is 12.8 Å². The van der Waals surface area contributed by atoms with Gasteiger partial charge in [0.1, 0.15) is 12.3 Å².